The number of halogens is 1. The number of rotatable bonds is 7. The van der Waals surface area contributed by atoms with Crippen molar-refractivity contribution < 1.29 is 28.7 Å². The molecule has 9 nitrogen and oxygen atoms in total. The Bertz CT molecular complexity index is 1010. The molecule has 1 fully saturated rings. The van der Waals surface area contributed by atoms with Crippen molar-refractivity contribution in [1.82, 2.24) is 9.80 Å². The number of nitro groups is 1. The molecular weight excluding hydrogens is 421 g/mol. The first-order chi connectivity index (χ1) is 15.2. The molecule has 0 saturated carbocycles. The zero-order valence-corrected chi connectivity index (χ0v) is 17.7. The van der Waals surface area contributed by atoms with Crippen molar-refractivity contribution in [3.05, 3.63) is 69.5 Å². The van der Waals surface area contributed by atoms with Gasteiger partial charge in [-0.1, -0.05) is 12.1 Å². The van der Waals surface area contributed by atoms with Crippen LogP contribution in [0.2, 0.25) is 0 Å². The van der Waals surface area contributed by atoms with Crippen LogP contribution in [0.1, 0.15) is 29.8 Å². The molecule has 1 aliphatic heterocycles. The van der Waals surface area contributed by atoms with Gasteiger partial charge in [0.1, 0.15) is 5.82 Å². The van der Waals surface area contributed by atoms with Crippen LogP contribution in [0.25, 0.3) is 0 Å². The van der Waals surface area contributed by atoms with Crippen LogP contribution in [-0.4, -0.2) is 63.5 Å². The van der Waals surface area contributed by atoms with Crippen molar-refractivity contribution in [3.8, 4) is 5.75 Å². The SMILES string of the molecule is C[C@@H]1CN(Cc2ccc(F)cc2)[C@@H](C)CN1C(=O)COc1ccc(C(=O)O)cc1[N+](=O)[O-]. The van der Waals surface area contributed by atoms with Crippen LogP contribution >= 0.6 is 0 Å². The highest BCUT2D eigenvalue weighted by Crippen LogP contribution is 2.28. The third kappa shape index (κ3) is 5.38. The quantitative estimate of drug-likeness (QED) is 0.515. The van der Waals surface area contributed by atoms with Gasteiger partial charge in [0, 0.05) is 37.8 Å². The molecule has 1 saturated heterocycles. The van der Waals surface area contributed by atoms with Crippen LogP contribution < -0.4 is 4.74 Å². The lowest BCUT2D eigenvalue weighted by atomic mass is 10.1. The minimum absolute atomic E-state index is 0.0457. The number of carbonyl (C=O) groups is 2. The van der Waals surface area contributed by atoms with Crippen molar-refractivity contribution in [1.29, 1.82) is 0 Å². The Kier molecular flexibility index (Phi) is 7.04. The van der Waals surface area contributed by atoms with Gasteiger partial charge in [-0.2, -0.15) is 0 Å². The van der Waals surface area contributed by atoms with E-state index in [1.54, 1.807) is 17.0 Å². The molecule has 0 radical (unpaired) electrons. The fourth-order valence-corrected chi connectivity index (χ4v) is 3.73. The zero-order chi connectivity index (χ0) is 23.4. The summed E-state index contributed by atoms with van der Waals surface area (Å²) in [5.41, 5.74) is 0.226. The van der Waals surface area contributed by atoms with Crippen LogP contribution in [0, 0.1) is 15.9 Å². The fraction of sp³-hybridized carbons (Fsp3) is 0.364. The van der Waals surface area contributed by atoms with Gasteiger partial charge in [-0.3, -0.25) is 19.8 Å². The number of hydrogen-bond acceptors (Lipinski definition) is 6. The molecule has 1 aliphatic rings. The number of nitro benzene ring substituents is 1. The Morgan fingerprint density at radius 1 is 1.16 bits per heavy atom. The van der Waals surface area contributed by atoms with Crippen LogP contribution in [0.5, 0.6) is 5.75 Å². The van der Waals surface area contributed by atoms with Gasteiger partial charge in [-0.15, -0.1) is 0 Å². The number of ether oxygens (including phenoxy) is 1. The molecule has 0 aromatic heterocycles. The number of hydrogen-bond donors (Lipinski definition) is 1. The minimum atomic E-state index is -1.29. The van der Waals surface area contributed by atoms with E-state index in [0.717, 1.165) is 11.6 Å². The molecule has 2 aromatic rings. The van der Waals surface area contributed by atoms with Gasteiger partial charge in [-0.25, -0.2) is 9.18 Å². The van der Waals surface area contributed by atoms with Crippen molar-refractivity contribution in [3.63, 3.8) is 0 Å². The molecule has 0 spiro atoms. The molecular formula is C22H24FN3O6. The number of aromatic carboxylic acids is 1. The van der Waals surface area contributed by atoms with E-state index in [-0.39, 0.29) is 35.1 Å². The van der Waals surface area contributed by atoms with Gasteiger partial charge in [-0.05, 0) is 43.7 Å². The normalized spacial score (nSPS) is 18.9. The maximum Gasteiger partial charge on any atom is 0.335 e. The van der Waals surface area contributed by atoms with Gasteiger partial charge >= 0.3 is 11.7 Å². The van der Waals surface area contributed by atoms with Gasteiger partial charge in [0.15, 0.2) is 12.4 Å². The molecule has 170 valence electrons. The van der Waals surface area contributed by atoms with Crippen molar-refractivity contribution in [2.45, 2.75) is 32.5 Å². The summed E-state index contributed by atoms with van der Waals surface area (Å²) in [6, 6.07) is 9.51. The standard InChI is InChI=1S/C22H24FN3O6/c1-14-11-25(15(2)10-24(14)12-16-3-6-18(23)7-4-16)21(27)13-32-20-8-5-17(22(28)29)9-19(20)26(30)31/h3-9,14-15H,10-13H2,1-2H3,(H,28,29)/t14-,15+/m0/s1. The second kappa shape index (κ2) is 9.73. The number of piperazine rings is 1. The summed E-state index contributed by atoms with van der Waals surface area (Å²) in [5, 5.41) is 20.3. The Hall–Kier alpha value is -3.53. The van der Waals surface area contributed by atoms with Crippen LogP contribution in [-0.2, 0) is 11.3 Å². The molecule has 1 heterocycles. The van der Waals surface area contributed by atoms with E-state index in [2.05, 4.69) is 4.90 Å². The number of carbonyl (C=O) groups excluding carboxylic acids is 1. The Morgan fingerprint density at radius 3 is 2.47 bits per heavy atom. The van der Waals surface area contributed by atoms with Crippen molar-refractivity contribution in [2.75, 3.05) is 19.7 Å². The lowest BCUT2D eigenvalue weighted by Crippen LogP contribution is -2.58. The Morgan fingerprint density at radius 2 is 1.84 bits per heavy atom. The number of benzene rings is 2. The minimum Gasteiger partial charge on any atom is -0.478 e. The smallest absolute Gasteiger partial charge is 0.335 e. The van der Waals surface area contributed by atoms with E-state index in [1.165, 1.54) is 24.3 Å². The third-order valence-electron chi connectivity index (χ3n) is 5.49. The monoisotopic (exact) mass is 445 g/mol. The van der Waals surface area contributed by atoms with Crippen LogP contribution in [0.15, 0.2) is 42.5 Å². The number of nitrogens with zero attached hydrogens (tertiary/aromatic N) is 3. The van der Waals surface area contributed by atoms with Crippen LogP contribution in [0.4, 0.5) is 10.1 Å². The van der Waals surface area contributed by atoms with E-state index in [9.17, 15) is 24.1 Å². The van der Waals surface area contributed by atoms with E-state index in [1.807, 2.05) is 13.8 Å². The summed E-state index contributed by atoms with van der Waals surface area (Å²) < 4.78 is 18.5. The largest absolute Gasteiger partial charge is 0.478 e. The first-order valence-corrected chi connectivity index (χ1v) is 10.1. The van der Waals surface area contributed by atoms with Gasteiger partial charge in [0.25, 0.3) is 5.91 Å². The summed E-state index contributed by atoms with van der Waals surface area (Å²) >= 11 is 0. The molecule has 2 aromatic carbocycles. The first kappa shape index (κ1) is 23.1. The summed E-state index contributed by atoms with van der Waals surface area (Å²) in [7, 11) is 0. The second-order valence-corrected chi connectivity index (χ2v) is 7.83. The van der Waals surface area contributed by atoms with Crippen molar-refractivity contribution >= 4 is 17.6 Å². The molecule has 1 amide bonds. The first-order valence-electron chi connectivity index (χ1n) is 10.1. The number of amides is 1. The molecule has 0 bridgehead atoms. The average Bonchev–Trinajstić information content (AvgIpc) is 2.75. The Labute approximate surface area is 184 Å². The number of carboxylic acid groups (broad SMARTS) is 1. The van der Waals surface area contributed by atoms with Gasteiger partial charge in [0.05, 0.1) is 10.5 Å². The summed E-state index contributed by atoms with van der Waals surface area (Å²) in [5.74, 6) is -2.06. The van der Waals surface area contributed by atoms with Crippen LogP contribution in [0.3, 0.4) is 0 Å². The lowest BCUT2D eigenvalue weighted by molar-refractivity contribution is -0.385. The zero-order valence-electron chi connectivity index (χ0n) is 17.7. The third-order valence-corrected chi connectivity index (χ3v) is 5.49. The second-order valence-electron chi connectivity index (χ2n) is 7.83. The maximum absolute atomic E-state index is 13.1. The predicted molar refractivity (Wildman–Crippen MR) is 113 cm³/mol. The van der Waals surface area contributed by atoms with E-state index in [4.69, 9.17) is 9.84 Å². The van der Waals surface area contributed by atoms with E-state index < -0.39 is 23.2 Å². The average molecular weight is 445 g/mol. The molecule has 0 aliphatic carbocycles. The van der Waals surface area contributed by atoms with Gasteiger partial charge < -0.3 is 14.7 Å². The van der Waals surface area contributed by atoms with Crippen molar-refractivity contribution in [2.24, 2.45) is 0 Å². The summed E-state index contributed by atoms with van der Waals surface area (Å²) in [6.07, 6.45) is 0. The number of carboxylic acids is 1. The molecule has 3 rings (SSSR count). The molecule has 10 heteroatoms. The highest BCUT2D eigenvalue weighted by Gasteiger charge is 2.32. The maximum atomic E-state index is 13.1. The summed E-state index contributed by atoms with van der Waals surface area (Å²) in [6.45, 7) is 5.19. The highest BCUT2D eigenvalue weighted by atomic mass is 19.1. The molecule has 32 heavy (non-hydrogen) atoms. The molecule has 2 atom stereocenters. The summed E-state index contributed by atoms with van der Waals surface area (Å²) in [4.78, 5) is 38.2. The van der Waals surface area contributed by atoms with E-state index in [0.29, 0.717) is 19.6 Å². The Balaban J connectivity index is 1.62. The van der Waals surface area contributed by atoms with E-state index >= 15 is 0 Å². The van der Waals surface area contributed by atoms with Gasteiger partial charge in [0.2, 0.25) is 0 Å². The lowest BCUT2D eigenvalue weighted by Gasteiger charge is -2.44. The molecule has 1 N–H and O–H groups in total. The fourth-order valence-electron chi connectivity index (χ4n) is 3.73. The molecule has 0 unspecified atom stereocenters. The predicted octanol–water partition coefficient (Wildman–Crippen LogP) is 2.93. The highest BCUT2D eigenvalue weighted by molar-refractivity contribution is 5.89. The topological polar surface area (TPSA) is 113 Å².